The molecule has 1 N–H and O–H groups in total. The highest BCUT2D eigenvalue weighted by atomic mass is 35.5. The normalized spacial score (nSPS) is 12.3. The summed E-state index contributed by atoms with van der Waals surface area (Å²) < 4.78 is 33.9. The lowest BCUT2D eigenvalue weighted by Gasteiger charge is -2.35. The van der Waals surface area contributed by atoms with E-state index in [0.717, 1.165) is 9.87 Å². The van der Waals surface area contributed by atoms with Crippen molar-refractivity contribution in [2.45, 2.75) is 57.1 Å². The van der Waals surface area contributed by atoms with Gasteiger partial charge < -0.3 is 15.0 Å². The lowest BCUT2D eigenvalue weighted by Crippen LogP contribution is -2.55. The molecule has 0 heterocycles. The number of anilines is 1. The Morgan fingerprint density at radius 3 is 2.10 bits per heavy atom. The number of benzene rings is 3. The van der Waals surface area contributed by atoms with Crippen LogP contribution >= 0.6 is 11.6 Å². The minimum atomic E-state index is -4.18. The summed E-state index contributed by atoms with van der Waals surface area (Å²) in [6.07, 6.45) is 0.321. The first-order chi connectivity index (χ1) is 18.9. The number of nitrogens with zero attached hydrogens (tertiary/aromatic N) is 2. The quantitative estimate of drug-likeness (QED) is 0.331. The fourth-order valence-corrected chi connectivity index (χ4v) is 5.93. The standard InChI is InChI=1S/C30H36ClN3O5S/c1-6-26(29(36)32-30(2,3)4)33(20-22-16-18-23(39-5)19-17-22)28(35)21-34(27-15-11-10-14-25(27)31)40(37,38)24-12-8-7-9-13-24/h7-19,26H,6,20-21H2,1-5H3,(H,32,36). The molecule has 0 radical (unpaired) electrons. The zero-order chi connectivity index (χ0) is 29.5. The zero-order valence-electron chi connectivity index (χ0n) is 23.4. The molecule has 0 saturated carbocycles. The molecule has 1 atom stereocenters. The number of para-hydroxylation sites is 1. The number of hydrogen-bond donors (Lipinski definition) is 1. The number of ether oxygens (including phenoxy) is 1. The maximum atomic E-state index is 14.1. The Bertz CT molecular complexity index is 1410. The second-order valence-corrected chi connectivity index (χ2v) is 12.6. The number of sulfonamides is 1. The molecule has 0 bridgehead atoms. The van der Waals surface area contributed by atoms with Crippen LogP contribution in [0.2, 0.25) is 5.02 Å². The van der Waals surface area contributed by atoms with E-state index in [1.54, 1.807) is 73.8 Å². The van der Waals surface area contributed by atoms with Gasteiger partial charge in [0.05, 0.1) is 22.7 Å². The van der Waals surface area contributed by atoms with Crippen molar-refractivity contribution >= 4 is 39.1 Å². The summed E-state index contributed by atoms with van der Waals surface area (Å²) in [5, 5.41) is 3.13. The van der Waals surface area contributed by atoms with Gasteiger partial charge in [0, 0.05) is 12.1 Å². The van der Waals surface area contributed by atoms with E-state index in [-0.39, 0.29) is 28.1 Å². The maximum Gasteiger partial charge on any atom is 0.264 e. The number of carbonyl (C=O) groups excluding carboxylic acids is 2. The molecule has 0 aromatic heterocycles. The van der Waals surface area contributed by atoms with Crippen molar-refractivity contribution in [3.8, 4) is 5.75 Å². The second kappa shape index (κ2) is 13.2. The third-order valence-corrected chi connectivity index (χ3v) is 8.22. The van der Waals surface area contributed by atoms with Crippen LogP contribution in [0.15, 0.2) is 83.8 Å². The summed E-state index contributed by atoms with van der Waals surface area (Å²) in [5.41, 5.74) is 0.392. The average molecular weight is 586 g/mol. The van der Waals surface area contributed by atoms with E-state index >= 15 is 0 Å². The van der Waals surface area contributed by atoms with E-state index in [0.29, 0.717) is 12.2 Å². The molecule has 0 aliphatic carbocycles. The molecule has 0 aliphatic heterocycles. The van der Waals surface area contributed by atoms with E-state index < -0.39 is 34.1 Å². The number of carbonyl (C=O) groups is 2. The van der Waals surface area contributed by atoms with Crippen LogP contribution in [0.1, 0.15) is 39.7 Å². The van der Waals surface area contributed by atoms with Crippen LogP contribution in [0.5, 0.6) is 5.75 Å². The van der Waals surface area contributed by atoms with Crippen molar-refractivity contribution in [2.75, 3.05) is 18.0 Å². The first-order valence-electron chi connectivity index (χ1n) is 12.9. The summed E-state index contributed by atoms with van der Waals surface area (Å²) in [4.78, 5) is 28.9. The van der Waals surface area contributed by atoms with Crippen molar-refractivity contribution in [1.82, 2.24) is 10.2 Å². The van der Waals surface area contributed by atoms with Crippen LogP contribution < -0.4 is 14.4 Å². The molecule has 0 aliphatic rings. The minimum absolute atomic E-state index is 0.0157. The van der Waals surface area contributed by atoms with E-state index in [4.69, 9.17) is 16.3 Å². The van der Waals surface area contributed by atoms with Crippen molar-refractivity contribution in [2.24, 2.45) is 0 Å². The van der Waals surface area contributed by atoms with Gasteiger partial charge in [-0.25, -0.2) is 8.42 Å². The predicted octanol–water partition coefficient (Wildman–Crippen LogP) is 5.27. The molecular formula is C30H36ClN3O5S. The monoisotopic (exact) mass is 585 g/mol. The van der Waals surface area contributed by atoms with Gasteiger partial charge in [-0.3, -0.25) is 13.9 Å². The van der Waals surface area contributed by atoms with E-state index in [1.807, 2.05) is 27.7 Å². The Morgan fingerprint density at radius 1 is 0.950 bits per heavy atom. The molecule has 40 heavy (non-hydrogen) atoms. The highest BCUT2D eigenvalue weighted by molar-refractivity contribution is 7.92. The van der Waals surface area contributed by atoms with Crippen LogP contribution in [0, 0.1) is 0 Å². The predicted molar refractivity (Wildman–Crippen MR) is 158 cm³/mol. The van der Waals surface area contributed by atoms with Gasteiger partial charge in [0.1, 0.15) is 18.3 Å². The highest BCUT2D eigenvalue weighted by Gasteiger charge is 2.35. The van der Waals surface area contributed by atoms with Crippen molar-refractivity contribution in [1.29, 1.82) is 0 Å². The first-order valence-corrected chi connectivity index (χ1v) is 14.8. The SMILES string of the molecule is CCC(C(=O)NC(C)(C)C)N(Cc1ccc(OC)cc1)C(=O)CN(c1ccccc1Cl)S(=O)(=O)c1ccccc1. The molecule has 3 aromatic rings. The Morgan fingerprint density at radius 2 is 1.55 bits per heavy atom. The summed E-state index contributed by atoms with van der Waals surface area (Å²) in [6.45, 7) is 6.92. The van der Waals surface area contributed by atoms with Crippen LogP contribution in [-0.2, 0) is 26.2 Å². The van der Waals surface area contributed by atoms with Gasteiger partial charge in [-0.1, -0.05) is 61.0 Å². The van der Waals surface area contributed by atoms with Crippen molar-refractivity contribution in [3.05, 3.63) is 89.4 Å². The van der Waals surface area contributed by atoms with Gasteiger partial charge in [0.2, 0.25) is 11.8 Å². The molecule has 0 saturated heterocycles. The number of hydrogen-bond acceptors (Lipinski definition) is 5. The van der Waals surface area contributed by atoms with Crippen LogP contribution in [0.4, 0.5) is 5.69 Å². The minimum Gasteiger partial charge on any atom is -0.497 e. The fraction of sp³-hybridized carbons (Fsp3) is 0.333. The number of rotatable bonds is 11. The maximum absolute atomic E-state index is 14.1. The summed E-state index contributed by atoms with van der Waals surface area (Å²) >= 11 is 6.44. The number of amides is 2. The largest absolute Gasteiger partial charge is 0.497 e. The first kappa shape index (κ1) is 31.0. The lowest BCUT2D eigenvalue weighted by molar-refractivity contribution is -0.141. The van der Waals surface area contributed by atoms with Gasteiger partial charge in [0.25, 0.3) is 10.0 Å². The van der Waals surface area contributed by atoms with Gasteiger partial charge in [0.15, 0.2) is 0 Å². The van der Waals surface area contributed by atoms with Crippen molar-refractivity contribution in [3.63, 3.8) is 0 Å². The summed E-state index contributed by atoms with van der Waals surface area (Å²) in [5.74, 6) is -0.226. The molecule has 8 nitrogen and oxygen atoms in total. The Hall–Kier alpha value is -3.56. The summed E-state index contributed by atoms with van der Waals surface area (Å²) in [7, 11) is -2.62. The molecule has 0 fully saturated rings. The molecule has 3 aromatic carbocycles. The topological polar surface area (TPSA) is 96.0 Å². The molecule has 214 valence electrons. The number of nitrogens with one attached hydrogen (secondary N) is 1. The molecule has 10 heteroatoms. The van der Waals surface area contributed by atoms with Gasteiger partial charge >= 0.3 is 0 Å². The zero-order valence-corrected chi connectivity index (χ0v) is 25.0. The van der Waals surface area contributed by atoms with E-state index in [9.17, 15) is 18.0 Å². The van der Waals surface area contributed by atoms with Gasteiger partial charge in [-0.05, 0) is 69.2 Å². The van der Waals surface area contributed by atoms with Gasteiger partial charge in [-0.2, -0.15) is 0 Å². The molecule has 0 spiro atoms. The van der Waals surface area contributed by atoms with Crippen LogP contribution in [0.3, 0.4) is 0 Å². The number of halogens is 1. The van der Waals surface area contributed by atoms with E-state index in [1.165, 1.54) is 17.0 Å². The Labute approximate surface area is 241 Å². The van der Waals surface area contributed by atoms with Gasteiger partial charge in [-0.15, -0.1) is 0 Å². The molecule has 1 unspecified atom stereocenters. The van der Waals surface area contributed by atoms with Crippen LogP contribution in [-0.4, -0.2) is 50.4 Å². The lowest BCUT2D eigenvalue weighted by atomic mass is 10.1. The molecular weight excluding hydrogens is 550 g/mol. The van der Waals surface area contributed by atoms with E-state index in [2.05, 4.69) is 5.32 Å². The number of methoxy groups -OCH3 is 1. The summed E-state index contributed by atoms with van der Waals surface area (Å²) in [6, 6.07) is 20.6. The van der Waals surface area contributed by atoms with Crippen molar-refractivity contribution < 1.29 is 22.7 Å². The smallest absolute Gasteiger partial charge is 0.264 e. The molecule has 3 rings (SSSR count). The average Bonchev–Trinajstić information content (AvgIpc) is 2.91. The highest BCUT2D eigenvalue weighted by Crippen LogP contribution is 2.31. The van der Waals surface area contributed by atoms with Crippen LogP contribution in [0.25, 0.3) is 0 Å². The third-order valence-electron chi connectivity index (χ3n) is 6.13. The Balaban J connectivity index is 2.07. The molecule has 2 amide bonds. The third kappa shape index (κ3) is 7.76. The Kier molecular flexibility index (Phi) is 10.2. The fourth-order valence-electron chi connectivity index (χ4n) is 4.19. The second-order valence-electron chi connectivity index (χ2n) is 10.3.